The van der Waals surface area contributed by atoms with Crippen LogP contribution in [-0.4, -0.2) is 55.9 Å². The Bertz CT molecular complexity index is 737. The van der Waals surface area contributed by atoms with E-state index < -0.39 is 12.0 Å². The zero-order chi connectivity index (χ0) is 23.0. The fraction of sp³-hybridized carbons (Fsp3) is 0.542. The summed E-state index contributed by atoms with van der Waals surface area (Å²) in [4.78, 5) is 37.5. The standard InChI is InChI=1S/C24H34N2O6/c27-14-16-31-15-13-25-22(28)17-20-11-5-2-1-3-8-12-23(29)32-18-21(26-24(20)30)19-9-6-4-7-10-19/h2,4-7,9-10,20-21,27H,1,3,8,11-18H2,(H,25,28)(H,26,30). The number of amides is 2. The third-order valence-electron chi connectivity index (χ3n) is 5.13. The molecule has 0 spiro atoms. The molecule has 8 nitrogen and oxygen atoms in total. The van der Waals surface area contributed by atoms with Crippen molar-refractivity contribution in [1.82, 2.24) is 10.6 Å². The summed E-state index contributed by atoms with van der Waals surface area (Å²) in [5.41, 5.74) is 0.834. The van der Waals surface area contributed by atoms with Gasteiger partial charge in [0.05, 0.1) is 31.8 Å². The van der Waals surface area contributed by atoms with E-state index >= 15 is 0 Å². The van der Waals surface area contributed by atoms with Gasteiger partial charge >= 0.3 is 5.97 Å². The second-order valence-electron chi connectivity index (χ2n) is 7.69. The Labute approximate surface area is 189 Å². The maximum absolute atomic E-state index is 13.1. The lowest BCUT2D eigenvalue weighted by molar-refractivity contribution is -0.145. The van der Waals surface area contributed by atoms with E-state index in [-0.39, 0.29) is 44.0 Å². The fourth-order valence-electron chi connectivity index (χ4n) is 3.36. The maximum atomic E-state index is 13.1. The number of hydrogen-bond donors (Lipinski definition) is 3. The third kappa shape index (κ3) is 10.1. The van der Waals surface area contributed by atoms with Crippen molar-refractivity contribution < 1.29 is 29.0 Å². The molecule has 1 aromatic carbocycles. The Balaban J connectivity index is 2.05. The Morgan fingerprint density at radius 2 is 1.97 bits per heavy atom. The second kappa shape index (κ2) is 15.2. The molecule has 0 saturated heterocycles. The van der Waals surface area contributed by atoms with Crippen LogP contribution in [0.5, 0.6) is 0 Å². The number of carbonyl (C=O) groups is 3. The predicted octanol–water partition coefficient (Wildman–Crippen LogP) is 2.04. The molecule has 0 saturated carbocycles. The molecule has 8 heteroatoms. The first-order chi connectivity index (χ1) is 15.6. The van der Waals surface area contributed by atoms with Crippen molar-refractivity contribution in [2.24, 2.45) is 5.92 Å². The lowest BCUT2D eigenvalue weighted by Crippen LogP contribution is -2.39. The van der Waals surface area contributed by atoms with Gasteiger partial charge in [0.2, 0.25) is 11.8 Å². The van der Waals surface area contributed by atoms with E-state index in [1.165, 1.54) is 0 Å². The number of ether oxygens (including phenoxy) is 2. The molecule has 0 bridgehead atoms. The van der Waals surface area contributed by atoms with Gasteiger partial charge in [-0.1, -0.05) is 42.5 Å². The first kappa shape index (κ1) is 25.5. The smallest absolute Gasteiger partial charge is 0.305 e. The highest BCUT2D eigenvalue weighted by atomic mass is 16.5. The normalized spacial score (nSPS) is 20.7. The van der Waals surface area contributed by atoms with Crippen molar-refractivity contribution in [2.45, 2.75) is 44.6 Å². The van der Waals surface area contributed by atoms with E-state index in [0.717, 1.165) is 24.8 Å². The number of benzene rings is 1. The summed E-state index contributed by atoms with van der Waals surface area (Å²) in [5.74, 6) is -1.33. The second-order valence-corrected chi connectivity index (χ2v) is 7.69. The first-order valence-electron chi connectivity index (χ1n) is 11.2. The summed E-state index contributed by atoms with van der Waals surface area (Å²) < 4.78 is 10.6. The summed E-state index contributed by atoms with van der Waals surface area (Å²) in [6, 6.07) is 8.86. The fourth-order valence-corrected chi connectivity index (χ4v) is 3.36. The Morgan fingerprint density at radius 3 is 2.75 bits per heavy atom. The van der Waals surface area contributed by atoms with Gasteiger partial charge in [0.25, 0.3) is 0 Å². The Hall–Kier alpha value is -2.71. The van der Waals surface area contributed by atoms with Gasteiger partial charge < -0.3 is 25.2 Å². The van der Waals surface area contributed by atoms with Crippen LogP contribution in [0.4, 0.5) is 0 Å². The first-order valence-corrected chi connectivity index (χ1v) is 11.2. The van der Waals surface area contributed by atoms with Gasteiger partial charge in [-0.05, 0) is 31.2 Å². The minimum Gasteiger partial charge on any atom is -0.463 e. The highest BCUT2D eigenvalue weighted by molar-refractivity contribution is 5.86. The summed E-state index contributed by atoms with van der Waals surface area (Å²) in [7, 11) is 0. The van der Waals surface area contributed by atoms with E-state index in [1.54, 1.807) is 0 Å². The van der Waals surface area contributed by atoms with Crippen LogP contribution in [0.15, 0.2) is 42.5 Å². The number of nitrogens with one attached hydrogen (secondary N) is 2. The monoisotopic (exact) mass is 446 g/mol. The minimum absolute atomic E-state index is 0.0392. The van der Waals surface area contributed by atoms with E-state index in [2.05, 4.69) is 10.6 Å². The van der Waals surface area contributed by atoms with Crippen molar-refractivity contribution in [3.63, 3.8) is 0 Å². The molecule has 2 amide bonds. The number of allylic oxidation sites excluding steroid dienone is 2. The number of carbonyl (C=O) groups excluding carboxylic acids is 3. The maximum Gasteiger partial charge on any atom is 0.305 e. The highest BCUT2D eigenvalue weighted by Gasteiger charge is 2.25. The predicted molar refractivity (Wildman–Crippen MR) is 120 cm³/mol. The summed E-state index contributed by atoms with van der Waals surface area (Å²) >= 11 is 0. The van der Waals surface area contributed by atoms with E-state index in [1.807, 2.05) is 42.5 Å². The molecular formula is C24H34N2O6. The molecule has 2 rings (SSSR count). The molecule has 3 N–H and O–H groups in total. The van der Waals surface area contributed by atoms with E-state index in [9.17, 15) is 14.4 Å². The average Bonchev–Trinajstić information content (AvgIpc) is 2.80. The van der Waals surface area contributed by atoms with Crippen molar-refractivity contribution in [3.8, 4) is 0 Å². The SMILES string of the molecule is O=C(CC1CC=CCCCCC(=O)OCC(c2ccccc2)NC1=O)NCCOCCO. The summed E-state index contributed by atoms with van der Waals surface area (Å²) in [6.07, 6.45) is 7.18. The molecule has 32 heavy (non-hydrogen) atoms. The largest absolute Gasteiger partial charge is 0.463 e. The molecule has 1 aliphatic rings. The van der Waals surface area contributed by atoms with Crippen molar-refractivity contribution in [3.05, 3.63) is 48.0 Å². The third-order valence-corrected chi connectivity index (χ3v) is 5.13. The van der Waals surface area contributed by atoms with Gasteiger partial charge in [0, 0.05) is 19.4 Å². The van der Waals surface area contributed by atoms with Gasteiger partial charge in [-0.3, -0.25) is 14.4 Å². The molecule has 0 aliphatic carbocycles. The Kier molecular flexibility index (Phi) is 12.1. The van der Waals surface area contributed by atoms with Crippen LogP contribution >= 0.6 is 0 Å². The molecule has 1 aliphatic heterocycles. The lowest BCUT2D eigenvalue weighted by atomic mass is 9.97. The van der Waals surface area contributed by atoms with Gasteiger partial charge in [0.15, 0.2) is 0 Å². The molecule has 1 heterocycles. The minimum atomic E-state index is -0.547. The van der Waals surface area contributed by atoms with Crippen molar-refractivity contribution in [1.29, 1.82) is 0 Å². The molecule has 1 aromatic rings. The van der Waals surface area contributed by atoms with Crippen LogP contribution in [0.1, 0.15) is 50.1 Å². The molecular weight excluding hydrogens is 412 g/mol. The summed E-state index contributed by atoms with van der Waals surface area (Å²) in [5, 5.41) is 14.4. The van der Waals surface area contributed by atoms with Gasteiger partial charge in [0.1, 0.15) is 6.61 Å². The number of aliphatic hydroxyl groups is 1. The molecule has 0 radical (unpaired) electrons. The topological polar surface area (TPSA) is 114 Å². The van der Waals surface area contributed by atoms with Crippen LogP contribution < -0.4 is 10.6 Å². The molecule has 0 aromatic heterocycles. The van der Waals surface area contributed by atoms with Crippen LogP contribution in [0, 0.1) is 5.92 Å². The number of hydrogen-bond acceptors (Lipinski definition) is 6. The number of rotatable bonds is 8. The zero-order valence-corrected chi connectivity index (χ0v) is 18.5. The Morgan fingerprint density at radius 1 is 1.16 bits per heavy atom. The van der Waals surface area contributed by atoms with Crippen LogP contribution in [-0.2, 0) is 23.9 Å². The number of cyclic esters (lactones) is 1. The average molecular weight is 447 g/mol. The molecule has 0 fully saturated rings. The molecule has 2 unspecified atom stereocenters. The van der Waals surface area contributed by atoms with Crippen molar-refractivity contribution in [2.75, 3.05) is 33.0 Å². The number of esters is 1. The molecule has 2 atom stereocenters. The quantitative estimate of drug-likeness (QED) is 0.320. The van der Waals surface area contributed by atoms with Crippen LogP contribution in [0.3, 0.4) is 0 Å². The van der Waals surface area contributed by atoms with Gasteiger partial charge in [-0.25, -0.2) is 0 Å². The summed E-state index contributed by atoms with van der Waals surface area (Å²) in [6.45, 7) is 0.805. The van der Waals surface area contributed by atoms with E-state index in [0.29, 0.717) is 26.0 Å². The molecule has 176 valence electrons. The highest BCUT2D eigenvalue weighted by Crippen LogP contribution is 2.18. The van der Waals surface area contributed by atoms with Gasteiger partial charge in [-0.2, -0.15) is 0 Å². The number of aliphatic hydroxyl groups excluding tert-OH is 1. The lowest BCUT2D eigenvalue weighted by Gasteiger charge is -2.23. The van der Waals surface area contributed by atoms with Crippen LogP contribution in [0.2, 0.25) is 0 Å². The van der Waals surface area contributed by atoms with Crippen molar-refractivity contribution >= 4 is 17.8 Å². The van der Waals surface area contributed by atoms with Crippen LogP contribution in [0.25, 0.3) is 0 Å². The van der Waals surface area contributed by atoms with E-state index in [4.69, 9.17) is 14.6 Å². The van der Waals surface area contributed by atoms with Gasteiger partial charge in [-0.15, -0.1) is 0 Å². The zero-order valence-electron chi connectivity index (χ0n) is 18.5.